The van der Waals surface area contributed by atoms with Gasteiger partial charge in [-0.15, -0.1) is 0 Å². The van der Waals surface area contributed by atoms with Crippen molar-refractivity contribution >= 4 is 35.6 Å². The maximum absolute atomic E-state index is 15.5. The summed E-state index contributed by atoms with van der Waals surface area (Å²) in [6, 6.07) is 22.9. The summed E-state index contributed by atoms with van der Waals surface area (Å²) in [6.07, 6.45) is -10.5. The van der Waals surface area contributed by atoms with Gasteiger partial charge in [0, 0.05) is 37.7 Å². The Morgan fingerprint density at radius 2 is 1.40 bits per heavy atom. The molecule has 1 amide bonds. The quantitative estimate of drug-likeness (QED) is 0.130. The van der Waals surface area contributed by atoms with Crippen molar-refractivity contribution in [1.29, 1.82) is 0 Å². The minimum absolute atomic E-state index is 0.00289. The van der Waals surface area contributed by atoms with Gasteiger partial charge in [0.05, 0.1) is 35.6 Å². The van der Waals surface area contributed by atoms with Crippen molar-refractivity contribution in [3.63, 3.8) is 0 Å². The van der Waals surface area contributed by atoms with Crippen molar-refractivity contribution in [2.24, 2.45) is 16.7 Å². The summed E-state index contributed by atoms with van der Waals surface area (Å²) in [5, 5.41) is 40.2. The number of hydrogen-bond acceptors (Lipinski definition) is 14. The highest BCUT2D eigenvalue weighted by Gasteiger charge is 2.78. The average molecular weight is 854 g/mol. The van der Waals surface area contributed by atoms with Crippen molar-refractivity contribution < 1.29 is 67.8 Å². The van der Waals surface area contributed by atoms with E-state index in [1.54, 1.807) is 92.7 Å². The van der Waals surface area contributed by atoms with Gasteiger partial charge in [-0.2, -0.15) is 0 Å². The first kappa shape index (κ1) is 44.3. The number of amides is 1. The lowest BCUT2D eigenvalue weighted by atomic mass is 9.44. The number of carbonyl (C=O) groups is 6. The summed E-state index contributed by atoms with van der Waals surface area (Å²) < 4.78 is 30.3. The van der Waals surface area contributed by atoms with Crippen LogP contribution in [0.5, 0.6) is 0 Å². The highest BCUT2D eigenvalue weighted by atomic mass is 16.6. The van der Waals surface area contributed by atoms with Crippen LogP contribution in [0, 0.1) is 16.7 Å². The van der Waals surface area contributed by atoms with E-state index >= 15 is 4.79 Å². The van der Waals surface area contributed by atoms with Gasteiger partial charge in [0.15, 0.2) is 23.6 Å². The Labute approximate surface area is 358 Å². The van der Waals surface area contributed by atoms with Crippen LogP contribution < -0.4 is 5.32 Å². The zero-order valence-corrected chi connectivity index (χ0v) is 35.2. The van der Waals surface area contributed by atoms with E-state index in [9.17, 15) is 39.3 Å². The molecule has 11 atom stereocenters. The number of aliphatic hydroxyl groups excluding tert-OH is 2. The zero-order valence-electron chi connectivity index (χ0n) is 35.2. The molecule has 1 heterocycles. The summed E-state index contributed by atoms with van der Waals surface area (Å²) >= 11 is 0. The summed E-state index contributed by atoms with van der Waals surface area (Å²) in [7, 11) is 0. The van der Waals surface area contributed by atoms with Crippen molar-refractivity contribution in [1.82, 2.24) is 5.32 Å². The van der Waals surface area contributed by atoms with Crippen LogP contribution in [0.4, 0.5) is 0 Å². The normalized spacial score (nSPS) is 31.9. The molecule has 0 unspecified atom stereocenters. The number of carbonyl (C=O) groups excluding carboxylic acids is 6. The van der Waals surface area contributed by atoms with Crippen molar-refractivity contribution in [2.75, 3.05) is 6.61 Å². The molecule has 7 rings (SSSR count). The highest BCUT2D eigenvalue weighted by molar-refractivity contribution is 5.96. The van der Waals surface area contributed by atoms with Gasteiger partial charge in [0.1, 0.15) is 23.9 Å². The molecular formula is C47H51NO14. The molecule has 3 fully saturated rings. The van der Waals surface area contributed by atoms with Gasteiger partial charge in [0.25, 0.3) is 5.91 Å². The number of esters is 4. The van der Waals surface area contributed by atoms with Crippen LogP contribution in [0.25, 0.3) is 0 Å². The molecule has 1 aliphatic heterocycles. The van der Waals surface area contributed by atoms with E-state index in [4.69, 9.17) is 23.7 Å². The van der Waals surface area contributed by atoms with E-state index in [0.717, 1.165) is 13.8 Å². The minimum atomic E-state index is -2.39. The third-order valence-corrected chi connectivity index (χ3v) is 13.5. The molecule has 3 aromatic rings. The Kier molecular flexibility index (Phi) is 11.8. The van der Waals surface area contributed by atoms with Crippen LogP contribution in [-0.2, 0) is 42.9 Å². The highest BCUT2D eigenvalue weighted by Crippen LogP contribution is 2.64. The number of rotatable bonds is 10. The molecule has 3 aliphatic carbocycles. The number of Topliss-reactive ketones (excluding diaryl/α,β-unsaturated/α-hetero) is 1. The molecule has 0 aromatic heterocycles. The Hall–Kier alpha value is -5.74. The fraction of sp³-hybridized carbons (Fsp3) is 0.447. The lowest BCUT2D eigenvalue weighted by Crippen LogP contribution is -2.82. The van der Waals surface area contributed by atoms with Gasteiger partial charge in [-0.3, -0.25) is 19.2 Å². The molecule has 4 N–H and O–H groups in total. The Morgan fingerprint density at radius 1 is 0.823 bits per heavy atom. The molecule has 3 aromatic carbocycles. The first-order chi connectivity index (χ1) is 29.3. The van der Waals surface area contributed by atoms with Crippen LogP contribution in [-0.4, -0.2) is 105 Å². The van der Waals surface area contributed by atoms with Crippen molar-refractivity contribution in [3.8, 4) is 0 Å². The first-order valence-electron chi connectivity index (χ1n) is 20.5. The van der Waals surface area contributed by atoms with Crippen molar-refractivity contribution in [2.45, 2.75) is 108 Å². The molecule has 62 heavy (non-hydrogen) atoms. The van der Waals surface area contributed by atoms with Crippen molar-refractivity contribution in [3.05, 3.63) is 119 Å². The van der Waals surface area contributed by atoms with E-state index in [2.05, 4.69) is 5.32 Å². The molecule has 0 spiro atoms. The molecule has 1 saturated heterocycles. The largest absolute Gasteiger partial charge is 0.456 e. The van der Waals surface area contributed by atoms with Gasteiger partial charge < -0.3 is 44.3 Å². The fourth-order valence-electron chi connectivity index (χ4n) is 10.2. The average Bonchev–Trinajstić information content (AvgIpc) is 3.24. The molecule has 2 bridgehead atoms. The number of aliphatic hydroxyl groups is 3. The van der Waals surface area contributed by atoms with Crippen LogP contribution in [0.15, 0.2) is 102 Å². The van der Waals surface area contributed by atoms with Gasteiger partial charge in [-0.05, 0) is 54.8 Å². The summed E-state index contributed by atoms with van der Waals surface area (Å²) in [6.45, 7) is 7.97. The van der Waals surface area contributed by atoms with Gasteiger partial charge >= 0.3 is 23.9 Å². The second-order valence-corrected chi connectivity index (χ2v) is 17.4. The Bertz CT molecular complexity index is 2280. The lowest BCUT2D eigenvalue weighted by molar-refractivity contribution is -0.346. The number of ether oxygens (including phenoxy) is 5. The topological polar surface area (TPSA) is 221 Å². The summed E-state index contributed by atoms with van der Waals surface area (Å²) in [5.41, 5.74) is -7.02. The number of hydrogen-bond donors (Lipinski definition) is 4. The molecule has 2 saturated carbocycles. The van der Waals surface area contributed by atoms with E-state index in [1.807, 2.05) is 0 Å². The van der Waals surface area contributed by atoms with Crippen LogP contribution in [0.2, 0.25) is 0 Å². The third-order valence-electron chi connectivity index (χ3n) is 13.5. The van der Waals surface area contributed by atoms with Gasteiger partial charge in [0.2, 0.25) is 0 Å². The van der Waals surface area contributed by atoms with E-state index in [-0.39, 0.29) is 35.3 Å². The standard InChI is InChI=1S/C47H51NO14/c1-25-31(60-43(56)36(52)35(28-16-10-7-11-17-28)48-41(54)29-18-12-8-13-19-29)23-47(57)40(61-42(55)30-20-14-9-15-21-30)38-45(6,32(51)22-33-46(38,24-58-33)62-27(3)50)39(53)37(59-26(2)49)34(25)44(47,4)5/h7-21,31-33,35-38,40,51-52,57H,22-24H2,1-6H3,(H,48,54)/t31-,32-,33+,35+,36-,37+,38+,40+,45+,46+,47+/m0/s1. The minimum Gasteiger partial charge on any atom is -0.456 e. The molecular weight excluding hydrogens is 803 g/mol. The maximum Gasteiger partial charge on any atom is 0.338 e. The number of ketones is 1. The van der Waals surface area contributed by atoms with Gasteiger partial charge in [-0.1, -0.05) is 80.6 Å². The number of fused-ring (bicyclic) bond motifs is 5. The predicted molar refractivity (Wildman–Crippen MR) is 218 cm³/mol. The fourth-order valence-corrected chi connectivity index (χ4v) is 10.2. The maximum atomic E-state index is 15.5. The van der Waals surface area contributed by atoms with E-state index < -0.39 is 113 Å². The number of nitrogens with one attached hydrogen (secondary N) is 1. The summed E-state index contributed by atoms with van der Waals surface area (Å²) in [5.74, 6) is -6.84. The molecule has 15 heteroatoms. The zero-order chi connectivity index (χ0) is 44.9. The van der Waals surface area contributed by atoms with E-state index in [1.165, 1.54) is 26.0 Å². The van der Waals surface area contributed by atoms with Gasteiger partial charge in [-0.25, -0.2) is 9.59 Å². The molecule has 328 valence electrons. The predicted octanol–water partition coefficient (Wildman–Crippen LogP) is 3.74. The molecule has 0 radical (unpaired) electrons. The second kappa shape index (κ2) is 16.5. The van der Waals surface area contributed by atoms with Crippen LogP contribution in [0.1, 0.15) is 86.7 Å². The third kappa shape index (κ3) is 7.29. The first-order valence-corrected chi connectivity index (χ1v) is 20.5. The molecule has 4 aliphatic rings. The van der Waals surface area contributed by atoms with Crippen LogP contribution >= 0.6 is 0 Å². The number of benzene rings is 3. The SMILES string of the molecule is CC(=O)O[C@H]1C(=O)[C@]2(C)[C@@H](O)C[C@H]3OC[C@]3(OC(C)=O)[C@@H]2[C@@H](OC(=O)c2ccccc2)[C@]2(O)C[C@H](OC(=O)[C@@H](O)[C@H](NC(=O)c3ccccc3)c3ccccc3)C(C)=C1C2(C)C. The second-order valence-electron chi connectivity index (χ2n) is 17.4. The summed E-state index contributed by atoms with van der Waals surface area (Å²) in [4.78, 5) is 83.5. The smallest absolute Gasteiger partial charge is 0.338 e. The van der Waals surface area contributed by atoms with Crippen LogP contribution in [0.3, 0.4) is 0 Å². The Balaban J connectivity index is 1.39. The lowest BCUT2D eigenvalue weighted by Gasteiger charge is -2.67. The molecule has 15 nitrogen and oxygen atoms in total. The Morgan fingerprint density at radius 3 is 1.95 bits per heavy atom. The van der Waals surface area contributed by atoms with E-state index in [0.29, 0.717) is 5.56 Å². The monoisotopic (exact) mass is 853 g/mol.